The zero-order valence-electron chi connectivity index (χ0n) is 18.1. The van der Waals surface area contributed by atoms with E-state index in [1.165, 1.54) is 22.5 Å². The third-order valence-corrected chi connectivity index (χ3v) is 7.65. The first kappa shape index (κ1) is 20.5. The normalized spacial score (nSPS) is 15.0. The van der Waals surface area contributed by atoms with Crippen LogP contribution in [-0.2, 0) is 6.54 Å². The lowest BCUT2D eigenvalue weighted by molar-refractivity contribution is 0.247. The van der Waals surface area contributed by atoms with Gasteiger partial charge in [-0.25, -0.2) is 15.0 Å². The lowest BCUT2D eigenvalue weighted by atomic mass is 10.1. The van der Waals surface area contributed by atoms with Crippen molar-refractivity contribution in [3.63, 3.8) is 0 Å². The van der Waals surface area contributed by atoms with Crippen molar-refractivity contribution in [3.05, 3.63) is 75.2 Å². The number of aryl methyl sites for hydroxylation is 1. The molecule has 1 aromatic carbocycles. The van der Waals surface area contributed by atoms with E-state index in [-0.39, 0.29) is 5.56 Å². The van der Waals surface area contributed by atoms with Gasteiger partial charge in [0.1, 0.15) is 16.5 Å². The minimum Gasteiger partial charge on any atom is -0.353 e. The Bertz CT molecular complexity index is 1500. The highest BCUT2D eigenvalue weighted by Crippen LogP contribution is 2.38. The van der Waals surface area contributed by atoms with Crippen LogP contribution in [0.1, 0.15) is 11.5 Å². The lowest BCUT2D eigenvalue weighted by Crippen LogP contribution is -2.46. The third kappa shape index (κ3) is 3.82. The number of aromatic nitrogens is 4. The summed E-state index contributed by atoms with van der Waals surface area (Å²) in [5.74, 6) is 1.82. The second kappa shape index (κ2) is 8.33. The predicted octanol–water partition coefficient (Wildman–Crippen LogP) is 4.06. The average Bonchev–Trinajstić information content (AvgIpc) is 3.47. The number of hydrogen-bond donors (Lipinski definition) is 0. The Morgan fingerprint density at radius 2 is 1.82 bits per heavy atom. The van der Waals surface area contributed by atoms with Crippen LogP contribution in [0, 0.1) is 6.92 Å². The van der Waals surface area contributed by atoms with Gasteiger partial charge < -0.3 is 4.90 Å². The molecule has 1 aliphatic rings. The van der Waals surface area contributed by atoms with E-state index in [0.717, 1.165) is 58.7 Å². The molecule has 0 amide bonds. The Balaban J connectivity index is 1.26. The van der Waals surface area contributed by atoms with Gasteiger partial charge in [0.2, 0.25) is 0 Å². The number of rotatable bonds is 4. The summed E-state index contributed by atoms with van der Waals surface area (Å²) >= 11 is 3.17. The fourth-order valence-corrected chi connectivity index (χ4v) is 6.13. The number of anilines is 1. The van der Waals surface area contributed by atoms with Crippen molar-refractivity contribution in [3.8, 4) is 11.1 Å². The van der Waals surface area contributed by atoms with E-state index in [0.29, 0.717) is 6.54 Å². The van der Waals surface area contributed by atoms with E-state index >= 15 is 0 Å². The summed E-state index contributed by atoms with van der Waals surface area (Å²) in [7, 11) is 0. The molecule has 0 bridgehead atoms. The maximum absolute atomic E-state index is 12.3. The molecule has 166 valence electrons. The summed E-state index contributed by atoms with van der Waals surface area (Å²) in [5.41, 5.74) is 3.21. The number of thiazole rings is 1. The second-order valence-electron chi connectivity index (χ2n) is 8.19. The summed E-state index contributed by atoms with van der Waals surface area (Å²) in [6, 6.07) is 12.1. The predicted molar refractivity (Wildman–Crippen MR) is 134 cm³/mol. The molecule has 1 aliphatic heterocycles. The first-order valence-corrected chi connectivity index (χ1v) is 12.7. The quantitative estimate of drug-likeness (QED) is 0.391. The molecule has 1 fully saturated rings. The highest BCUT2D eigenvalue weighted by atomic mass is 32.1. The van der Waals surface area contributed by atoms with Gasteiger partial charge in [-0.15, -0.1) is 22.7 Å². The van der Waals surface area contributed by atoms with Gasteiger partial charge in [0, 0.05) is 61.3 Å². The van der Waals surface area contributed by atoms with Crippen molar-refractivity contribution in [2.75, 3.05) is 31.1 Å². The SMILES string of the molecule is Cc1nc(N2CCN(Cc3cc(=O)n4ccsc4n3)CC2)c2c(-c3ccccc3)csc2n1. The minimum absolute atomic E-state index is 0.0142. The van der Waals surface area contributed by atoms with Gasteiger partial charge in [-0.3, -0.25) is 14.1 Å². The highest BCUT2D eigenvalue weighted by molar-refractivity contribution is 7.17. The van der Waals surface area contributed by atoms with Crippen LogP contribution in [0.25, 0.3) is 26.3 Å². The molecule has 0 aliphatic carbocycles. The molecule has 5 heterocycles. The summed E-state index contributed by atoms with van der Waals surface area (Å²) < 4.78 is 1.60. The van der Waals surface area contributed by atoms with Crippen LogP contribution in [0.5, 0.6) is 0 Å². The Morgan fingerprint density at radius 3 is 2.64 bits per heavy atom. The van der Waals surface area contributed by atoms with Crippen LogP contribution in [0.2, 0.25) is 0 Å². The molecule has 0 radical (unpaired) electrons. The van der Waals surface area contributed by atoms with E-state index in [4.69, 9.17) is 9.97 Å². The molecule has 5 aromatic rings. The molecule has 0 spiro atoms. The fourth-order valence-electron chi connectivity index (χ4n) is 4.40. The first-order valence-electron chi connectivity index (χ1n) is 10.9. The minimum atomic E-state index is -0.0142. The molecule has 4 aromatic heterocycles. The second-order valence-corrected chi connectivity index (χ2v) is 9.93. The van der Waals surface area contributed by atoms with Crippen molar-refractivity contribution < 1.29 is 0 Å². The molecule has 33 heavy (non-hydrogen) atoms. The van der Waals surface area contributed by atoms with Gasteiger partial charge in [-0.1, -0.05) is 30.3 Å². The molecule has 1 saturated heterocycles. The number of thiophene rings is 1. The van der Waals surface area contributed by atoms with E-state index in [2.05, 4.69) is 44.4 Å². The van der Waals surface area contributed by atoms with Gasteiger partial charge in [0.05, 0.1) is 11.1 Å². The third-order valence-electron chi connectivity index (χ3n) is 6.02. The summed E-state index contributed by atoms with van der Waals surface area (Å²) in [6.45, 7) is 6.17. The maximum atomic E-state index is 12.3. The molecule has 0 N–H and O–H groups in total. The average molecular weight is 475 g/mol. The number of nitrogens with zero attached hydrogens (tertiary/aromatic N) is 6. The topological polar surface area (TPSA) is 66.6 Å². The molecular formula is C24H22N6OS2. The van der Waals surface area contributed by atoms with Crippen molar-refractivity contribution in [2.45, 2.75) is 13.5 Å². The van der Waals surface area contributed by atoms with Crippen LogP contribution in [-0.4, -0.2) is 50.4 Å². The number of hydrogen-bond acceptors (Lipinski definition) is 8. The molecule has 0 atom stereocenters. The summed E-state index contributed by atoms with van der Waals surface area (Å²) in [6.07, 6.45) is 1.77. The largest absolute Gasteiger partial charge is 0.353 e. The van der Waals surface area contributed by atoms with Gasteiger partial charge in [-0.05, 0) is 12.5 Å². The van der Waals surface area contributed by atoms with Crippen molar-refractivity contribution >= 4 is 43.7 Å². The van der Waals surface area contributed by atoms with Crippen LogP contribution >= 0.6 is 22.7 Å². The molecule has 7 nitrogen and oxygen atoms in total. The Hall–Kier alpha value is -3.14. The number of fused-ring (bicyclic) bond motifs is 2. The molecule has 6 rings (SSSR count). The number of piperazine rings is 1. The number of benzene rings is 1. The van der Waals surface area contributed by atoms with Gasteiger partial charge in [-0.2, -0.15) is 0 Å². The highest BCUT2D eigenvalue weighted by Gasteiger charge is 2.23. The van der Waals surface area contributed by atoms with E-state index < -0.39 is 0 Å². The van der Waals surface area contributed by atoms with Crippen LogP contribution in [0.3, 0.4) is 0 Å². The lowest BCUT2D eigenvalue weighted by Gasteiger charge is -2.35. The fraction of sp³-hybridized carbons (Fsp3) is 0.250. The zero-order valence-corrected chi connectivity index (χ0v) is 19.8. The van der Waals surface area contributed by atoms with Crippen molar-refractivity contribution in [1.29, 1.82) is 0 Å². The molecule has 0 unspecified atom stereocenters. The monoisotopic (exact) mass is 474 g/mol. The Kier molecular flexibility index (Phi) is 5.17. The van der Waals surface area contributed by atoms with Crippen LogP contribution in [0.15, 0.2) is 58.1 Å². The molecule has 9 heteroatoms. The van der Waals surface area contributed by atoms with Crippen LogP contribution in [0.4, 0.5) is 5.82 Å². The van der Waals surface area contributed by atoms with E-state index in [1.807, 2.05) is 18.4 Å². The molecular weight excluding hydrogens is 452 g/mol. The molecule has 0 saturated carbocycles. The standard InChI is InChI=1S/C24H22N6OS2/c1-16-25-22(21-19(15-33-23(21)26-16)17-5-3-2-4-6-17)29-9-7-28(8-10-29)14-18-13-20(31)30-11-12-32-24(30)27-18/h2-6,11-13,15H,7-10,14H2,1H3. The van der Waals surface area contributed by atoms with Gasteiger partial charge >= 0.3 is 0 Å². The van der Waals surface area contributed by atoms with Gasteiger partial charge in [0.25, 0.3) is 5.56 Å². The zero-order chi connectivity index (χ0) is 22.4. The summed E-state index contributed by atoms with van der Waals surface area (Å²) in [5, 5.41) is 5.23. The Labute approximate surface area is 198 Å². The Morgan fingerprint density at radius 1 is 1.00 bits per heavy atom. The van der Waals surface area contributed by atoms with Crippen molar-refractivity contribution in [2.24, 2.45) is 0 Å². The summed E-state index contributed by atoms with van der Waals surface area (Å²) in [4.78, 5) is 33.1. The first-order chi connectivity index (χ1) is 16.2. The van der Waals surface area contributed by atoms with E-state index in [9.17, 15) is 4.79 Å². The maximum Gasteiger partial charge on any atom is 0.258 e. The van der Waals surface area contributed by atoms with E-state index in [1.54, 1.807) is 28.0 Å². The van der Waals surface area contributed by atoms with Crippen molar-refractivity contribution in [1.82, 2.24) is 24.3 Å². The van der Waals surface area contributed by atoms with Crippen LogP contribution < -0.4 is 10.5 Å². The van der Waals surface area contributed by atoms with Gasteiger partial charge in [0.15, 0.2) is 4.96 Å². The smallest absolute Gasteiger partial charge is 0.258 e.